The van der Waals surface area contributed by atoms with Gasteiger partial charge >= 0.3 is 5.97 Å². The molecule has 0 aliphatic rings. The number of aromatic nitrogens is 2. The summed E-state index contributed by atoms with van der Waals surface area (Å²) >= 11 is 0. The molecule has 1 heterocycles. The molecule has 0 radical (unpaired) electrons. The molecule has 0 aliphatic carbocycles. The molecule has 0 saturated carbocycles. The zero-order valence-corrected chi connectivity index (χ0v) is 21.2. The van der Waals surface area contributed by atoms with E-state index in [9.17, 15) is 14.0 Å². The molecular weight excluding hydrogens is 499 g/mol. The zero-order chi connectivity index (χ0) is 27.4. The Labute approximate surface area is 223 Å². The SMILES string of the molecule is COc1ccc(-c2nc3ccc(C(=O)OCC(=O)c4ccc(F)cc4)cc3nc2-c2ccc(OC)cc2)cc1. The minimum absolute atomic E-state index is 0.224. The number of esters is 1. The lowest BCUT2D eigenvalue weighted by molar-refractivity contribution is 0.0475. The number of carbonyl (C=O) groups is 2. The van der Waals surface area contributed by atoms with E-state index in [1.54, 1.807) is 32.4 Å². The van der Waals surface area contributed by atoms with Crippen LogP contribution < -0.4 is 9.47 Å². The van der Waals surface area contributed by atoms with Gasteiger partial charge in [0.1, 0.15) is 17.3 Å². The molecule has 5 aromatic rings. The molecule has 0 amide bonds. The number of methoxy groups -OCH3 is 2. The third kappa shape index (κ3) is 5.60. The Balaban J connectivity index is 1.48. The number of nitrogens with zero attached hydrogens (tertiary/aromatic N) is 2. The minimum Gasteiger partial charge on any atom is -0.497 e. The average Bonchev–Trinajstić information content (AvgIpc) is 2.99. The second kappa shape index (κ2) is 11.1. The van der Waals surface area contributed by atoms with Gasteiger partial charge in [0.2, 0.25) is 0 Å². The Morgan fingerprint density at radius 2 is 1.18 bits per heavy atom. The smallest absolute Gasteiger partial charge is 0.338 e. The van der Waals surface area contributed by atoms with Gasteiger partial charge in [-0.25, -0.2) is 19.2 Å². The summed E-state index contributed by atoms with van der Waals surface area (Å²) in [6.07, 6.45) is 0. The second-order valence-corrected chi connectivity index (χ2v) is 8.59. The maximum Gasteiger partial charge on any atom is 0.338 e. The molecule has 5 rings (SSSR count). The third-order valence-corrected chi connectivity index (χ3v) is 6.13. The third-order valence-electron chi connectivity index (χ3n) is 6.13. The number of ether oxygens (including phenoxy) is 3. The zero-order valence-electron chi connectivity index (χ0n) is 21.2. The van der Waals surface area contributed by atoms with Gasteiger partial charge < -0.3 is 14.2 Å². The van der Waals surface area contributed by atoms with Crippen LogP contribution in [0.3, 0.4) is 0 Å². The van der Waals surface area contributed by atoms with Crippen molar-refractivity contribution in [1.29, 1.82) is 0 Å². The van der Waals surface area contributed by atoms with E-state index in [2.05, 4.69) is 0 Å². The molecule has 0 saturated heterocycles. The van der Waals surface area contributed by atoms with E-state index < -0.39 is 24.2 Å². The molecule has 1 aromatic heterocycles. The van der Waals surface area contributed by atoms with Crippen molar-refractivity contribution in [3.05, 3.63) is 108 Å². The lowest BCUT2D eigenvalue weighted by Gasteiger charge is -2.12. The molecule has 0 N–H and O–H groups in total. The maximum atomic E-state index is 13.1. The van der Waals surface area contributed by atoms with Crippen LogP contribution in [0.4, 0.5) is 4.39 Å². The summed E-state index contributed by atoms with van der Waals surface area (Å²) in [4.78, 5) is 34.8. The topological polar surface area (TPSA) is 87.6 Å². The van der Waals surface area contributed by atoms with E-state index >= 15 is 0 Å². The fourth-order valence-electron chi connectivity index (χ4n) is 4.02. The molecule has 194 valence electrons. The van der Waals surface area contributed by atoms with Gasteiger partial charge in [0, 0.05) is 16.7 Å². The lowest BCUT2D eigenvalue weighted by Crippen LogP contribution is -2.14. The Hall–Kier alpha value is -5.11. The molecule has 0 atom stereocenters. The fraction of sp³-hybridized carbons (Fsp3) is 0.0968. The summed E-state index contributed by atoms with van der Waals surface area (Å²) < 4.78 is 28.9. The summed E-state index contributed by atoms with van der Waals surface area (Å²) in [7, 11) is 3.20. The molecule has 0 aliphatic heterocycles. The van der Waals surface area contributed by atoms with Crippen LogP contribution >= 0.6 is 0 Å². The van der Waals surface area contributed by atoms with Gasteiger partial charge in [0.05, 0.1) is 42.2 Å². The summed E-state index contributed by atoms with van der Waals surface area (Å²) in [6.45, 7) is -0.471. The van der Waals surface area contributed by atoms with Crippen LogP contribution in [0.25, 0.3) is 33.5 Å². The Bertz CT molecular complexity index is 1650. The molecule has 4 aromatic carbocycles. The van der Waals surface area contributed by atoms with Gasteiger partial charge in [-0.15, -0.1) is 0 Å². The number of hydrogen-bond acceptors (Lipinski definition) is 7. The van der Waals surface area contributed by atoms with Gasteiger partial charge in [-0.05, 0) is 91.0 Å². The van der Waals surface area contributed by atoms with Crippen LogP contribution in [0.5, 0.6) is 11.5 Å². The molecule has 0 bridgehead atoms. The van der Waals surface area contributed by atoms with E-state index in [0.29, 0.717) is 28.2 Å². The molecule has 0 spiro atoms. The van der Waals surface area contributed by atoms with Gasteiger partial charge in [0.25, 0.3) is 0 Å². The first-order valence-corrected chi connectivity index (χ1v) is 12.0. The van der Waals surface area contributed by atoms with E-state index in [1.807, 2.05) is 48.5 Å². The molecule has 39 heavy (non-hydrogen) atoms. The Kier molecular flexibility index (Phi) is 7.27. The number of carbonyl (C=O) groups excluding carboxylic acids is 2. The second-order valence-electron chi connectivity index (χ2n) is 8.59. The monoisotopic (exact) mass is 522 g/mol. The molecule has 7 nitrogen and oxygen atoms in total. The van der Waals surface area contributed by atoms with Crippen molar-refractivity contribution >= 4 is 22.8 Å². The summed E-state index contributed by atoms with van der Waals surface area (Å²) in [5, 5.41) is 0. The predicted molar refractivity (Wildman–Crippen MR) is 145 cm³/mol. The predicted octanol–water partition coefficient (Wildman–Crippen LogP) is 6.16. The van der Waals surface area contributed by atoms with Crippen molar-refractivity contribution in [2.45, 2.75) is 0 Å². The molecule has 0 fully saturated rings. The summed E-state index contributed by atoms with van der Waals surface area (Å²) in [5.74, 6) is -0.141. The van der Waals surface area contributed by atoms with Crippen molar-refractivity contribution in [3.63, 3.8) is 0 Å². The van der Waals surface area contributed by atoms with Crippen LogP contribution in [-0.2, 0) is 4.74 Å². The number of benzene rings is 4. The average molecular weight is 523 g/mol. The van der Waals surface area contributed by atoms with Crippen molar-refractivity contribution in [2.75, 3.05) is 20.8 Å². The van der Waals surface area contributed by atoms with Gasteiger partial charge in [0.15, 0.2) is 12.4 Å². The highest BCUT2D eigenvalue weighted by Crippen LogP contribution is 2.33. The first kappa shape index (κ1) is 25.5. The van der Waals surface area contributed by atoms with Crippen LogP contribution in [0, 0.1) is 5.82 Å². The molecule has 0 unspecified atom stereocenters. The normalized spacial score (nSPS) is 10.7. The van der Waals surface area contributed by atoms with Gasteiger partial charge in [-0.3, -0.25) is 4.79 Å². The first-order valence-electron chi connectivity index (χ1n) is 12.0. The van der Waals surface area contributed by atoms with Crippen LogP contribution in [0.1, 0.15) is 20.7 Å². The molecular formula is C31H23FN2O5. The number of hydrogen-bond donors (Lipinski definition) is 0. The number of ketones is 1. The highest BCUT2D eigenvalue weighted by molar-refractivity contribution is 6.00. The highest BCUT2D eigenvalue weighted by atomic mass is 19.1. The summed E-state index contributed by atoms with van der Waals surface area (Å²) in [6, 6.07) is 24.9. The van der Waals surface area contributed by atoms with Crippen molar-refractivity contribution < 1.29 is 28.2 Å². The maximum absolute atomic E-state index is 13.1. The number of rotatable bonds is 8. The van der Waals surface area contributed by atoms with Crippen LogP contribution in [0.2, 0.25) is 0 Å². The standard InChI is InChI=1S/C31H23FN2O5/c1-37-24-12-5-20(6-13-24)29-30(21-7-14-25(38-2)15-8-21)34-27-17-22(9-16-26(27)33-29)31(36)39-18-28(35)19-3-10-23(32)11-4-19/h3-17H,18H2,1-2H3. The van der Waals surface area contributed by atoms with E-state index in [4.69, 9.17) is 24.2 Å². The van der Waals surface area contributed by atoms with Gasteiger partial charge in [-0.2, -0.15) is 0 Å². The van der Waals surface area contributed by atoms with E-state index in [1.165, 1.54) is 24.3 Å². The van der Waals surface area contributed by atoms with E-state index in [0.717, 1.165) is 16.9 Å². The van der Waals surface area contributed by atoms with Gasteiger partial charge in [-0.1, -0.05) is 0 Å². The number of halogens is 1. The fourth-order valence-corrected chi connectivity index (χ4v) is 4.02. The Morgan fingerprint density at radius 3 is 1.72 bits per heavy atom. The van der Waals surface area contributed by atoms with Crippen molar-refractivity contribution in [3.8, 4) is 34.0 Å². The number of Topliss-reactive ketones (excluding diaryl/α,β-unsaturated/α-hetero) is 1. The lowest BCUT2D eigenvalue weighted by atomic mass is 10.0. The van der Waals surface area contributed by atoms with Crippen LogP contribution in [-0.4, -0.2) is 42.5 Å². The summed E-state index contributed by atoms with van der Waals surface area (Å²) in [5.41, 5.74) is 4.48. The molecule has 8 heteroatoms. The Morgan fingerprint density at radius 1 is 0.667 bits per heavy atom. The first-order chi connectivity index (χ1) is 18.9. The quantitative estimate of drug-likeness (QED) is 0.178. The largest absolute Gasteiger partial charge is 0.497 e. The van der Waals surface area contributed by atoms with Crippen molar-refractivity contribution in [1.82, 2.24) is 9.97 Å². The van der Waals surface area contributed by atoms with Crippen LogP contribution in [0.15, 0.2) is 91.0 Å². The van der Waals surface area contributed by atoms with E-state index in [-0.39, 0.29) is 11.1 Å². The van der Waals surface area contributed by atoms with Crippen molar-refractivity contribution in [2.24, 2.45) is 0 Å². The highest BCUT2D eigenvalue weighted by Gasteiger charge is 2.17. The number of fused-ring (bicyclic) bond motifs is 1. The minimum atomic E-state index is -0.681.